The zero-order valence-electron chi connectivity index (χ0n) is 7.39. The van der Waals surface area contributed by atoms with E-state index in [1.807, 2.05) is 0 Å². The molecule has 0 atom stereocenters. The Kier molecular flexibility index (Phi) is 4.34. The smallest absolute Gasteiger partial charge is 0.154 e. The number of hydrogen-bond donors (Lipinski definition) is 0. The molecule has 0 saturated carbocycles. The number of hydrogen-bond acceptors (Lipinski definition) is 1. The van der Waals surface area contributed by atoms with Crippen molar-refractivity contribution in [2.75, 3.05) is 5.33 Å². The first-order valence-corrected chi connectivity index (χ1v) is 5.20. The third-order valence-corrected chi connectivity index (χ3v) is 2.01. The van der Waals surface area contributed by atoms with Crippen molar-refractivity contribution in [1.29, 1.82) is 0 Å². The number of carbonyl (C=O) groups excluding carboxylic acids is 1. The Morgan fingerprint density at radius 3 is 2.93 bits per heavy atom. The van der Waals surface area contributed by atoms with E-state index in [0.29, 0.717) is 18.3 Å². The van der Waals surface area contributed by atoms with E-state index in [-0.39, 0.29) is 5.56 Å². The summed E-state index contributed by atoms with van der Waals surface area (Å²) in [5.74, 6) is 5.06. The molecule has 0 fully saturated rings. The van der Waals surface area contributed by atoms with Gasteiger partial charge in [0.05, 0.1) is 5.56 Å². The Bertz CT molecular complexity index is 390. The second-order valence-corrected chi connectivity index (χ2v) is 3.35. The Labute approximate surface area is 90.4 Å². The summed E-state index contributed by atoms with van der Waals surface area (Å²) in [6, 6.07) is 4.42. The molecule has 0 spiro atoms. The number of aldehydes is 1. The molecule has 0 unspecified atom stereocenters. The zero-order valence-corrected chi connectivity index (χ0v) is 8.97. The fraction of sp³-hybridized carbons (Fsp3) is 0.182. The zero-order chi connectivity index (χ0) is 10.4. The van der Waals surface area contributed by atoms with E-state index in [4.69, 9.17) is 0 Å². The minimum absolute atomic E-state index is 0.0366. The normalized spacial score (nSPS) is 9.00. The lowest BCUT2D eigenvalue weighted by Gasteiger charge is -1.96. The summed E-state index contributed by atoms with van der Waals surface area (Å²) < 4.78 is 13.1. The third kappa shape index (κ3) is 2.68. The molecule has 0 radical (unpaired) electrons. The Balaban J connectivity index is 3.04. The van der Waals surface area contributed by atoms with E-state index >= 15 is 0 Å². The summed E-state index contributed by atoms with van der Waals surface area (Å²) in [7, 11) is 0. The lowest BCUT2D eigenvalue weighted by Crippen LogP contribution is -1.92. The van der Waals surface area contributed by atoms with E-state index in [9.17, 15) is 9.18 Å². The summed E-state index contributed by atoms with van der Waals surface area (Å²) in [5.41, 5.74) is 0.482. The maximum Gasteiger partial charge on any atom is 0.154 e. The molecular formula is C11H8BrFO. The molecule has 0 heterocycles. The van der Waals surface area contributed by atoms with Crippen LogP contribution in [0.3, 0.4) is 0 Å². The molecule has 0 aliphatic carbocycles. The second kappa shape index (κ2) is 5.56. The fourth-order valence-corrected chi connectivity index (χ4v) is 1.17. The molecule has 1 aromatic rings. The molecule has 0 amide bonds. The van der Waals surface area contributed by atoms with Gasteiger partial charge in [-0.3, -0.25) is 4.79 Å². The molecular weight excluding hydrogens is 247 g/mol. The van der Waals surface area contributed by atoms with Gasteiger partial charge in [-0.15, -0.1) is 0 Å². The van der Waals surface area contributed by atoms with E-state index in [1.54, 1.807) is 12.1 Å². The van der Waals surface area contributed by atoms with E-state index < -0.39 is 5.82 Å². The highest BCUT2D eigenvalue weighted by atomic mass is 79.9. The molecule has 0 aromatic heterocycles. The van der Waals surface area contributed by atoms with E-state index in [2.05, 4.69) is 27.8 Å². The van der Waals surface area contributed by atoms with Gasteiger partial charge in [-0.25, -0.2) is 4.39 Å². The van der Waals surface area contributed by atoms with Gasteiger partial charge in [0.25, 0.3) is 0 Å². The summed E-state index contributed by atoms with van der Waals surface area (Å²) in [4.78, 5) is 10.6. The van der Waals surface area contributed by atoms with Crippen LogP contribution in [0.5, 0.6) is 0 Å². The average molecular weight is 255 g/mol. The van der Waals surface area contributed by atoms with Crippen molar-refractivity contribution in [2.45, 2.75) is 6.42 Å². The number of benzene rings is 1. The van der Waals surface area contributed by atoms with Crippen LogP contribution in [0.15, 0.2) is 18.2 Å². The standard InChI is InChI=1S/C11H8BrFO/c12-7-2-1-4-9-5-3-6-11(13)10(9)8-14/h3,5-6,8H,2,7H2. The molecule has 0 aliphatic rings. The van der Waals surface area contributed by atoms with Crippen LogP contribution in [0.1, 0.15) is 22.3 Å². The Morgan fingerprint density at radius 2 is 2.29 bits per heavy atom. The monoisotopic (exact) mass is 254 g/mol. The molecule has 3 heteroatoms. The molecule has 1 rings (SSSR count). The minimum atomic E-state index is -0.523. The van der Waals surface area contributed by atoms with Crippen LogP contribution in [0.25, 0.3) is 0 Å². The topological polar surface area (TPSA) is 17.1 Å². The largest absolute Gasteiger partial charge is 0.298 e. The van der Waals surface area contributed by atoms with Gasteiger partial charge in [0.1, 0.15) is 5.82 Å². The molecule has 0 aliphatic heterocycles. The molecule has 1 nitrogen and oxygen atoms in total. The highest BCUT2D eigenvalue weighted by molar-refractivity contribution is 9.09. The van der Waals surface area contributed by atoms with Crippen LogP contribution in [-0.2, 0) is 0 Å². The molecule has 72 valence electrons. The van der Waals surface area contributed by atoms with Crippen LogP contribution >= 0.6 is 15.9 Å². The van der Waals surface area contributed by atoms with Gasteiger partial charge in [0, 0.05) is 17.3 Å². The minimum Gasteiger partial charge on any atom is -0.298 e. The summed E-state index contributed by atoms with van der Waals surface area (Å²) in [5, 5.41) is 0.770. The second-order valence-electron chi connectivity index (χ2n) is 2.56. The Morgan fingerprint density at radius 1 is 1.50 bits per heavy atom. The first-order chi connectivity index (χ1) is 6.79. The number of halogens is 2. The summed E-state index contributed by atoms with van der Waals surface area (Å²) in [6.07, 6.45) is 1.17. The highest BCUT2D eigenvalue weighted by Gasteiger charge is 2.03. The van der Waals surface area contributed by atoms with Crippen LogP contribution < -0.4 is 0 Å². The lowest BCUT2D eigenvalue weighted by molar-refractivity contribution is 0.111. The molecule has 0 bridgehead atoms. The SMILES string of the molecule is O=Cc1c(F)cccc1C#CCCBr. The highest BCUT2D eigenvalue weighted by Crippen LogP contribution is 2.09. The summed E-state index contributed by atoms with van der Waals surface area (Å²) >= 11 is 3.23. The third-order valence-electron chi connectivity index (χ3n) is 1.61. The summed E-state index contributed by atoms with van der Waals surface area (Å²) in [6.45, 7) is 0. The van der Waals surface area contributed by atoms with Crippen molar-refractivity contribution in [3.05, 3.63) is 35.1 Å². The maximum atomic E-state index is 13.1. The van der Waals surface area contributed by atoms with Gasteiger partial charge >= 0.3 is 0 Å². The Hall–Kier alpha value is -1.14. The van der Waals surface area contributed by atoms with Gasteiger partial charge in [-0.2, -0.15) is 0 Å². The fourth-order valence-electron chi connectivity index (χ4n) is 0.971. The molecule has 14 heavy (non-hydrogen) atoms. The maximum absolute atomic E-state index is 13.1. The van der Waals surface area contributed by atoms with Gasteiger partial charge in [0.15, 0.2) is 6.29 Å². The van der Waals surface area contributed by atoms with Crippen LogP contribution in [0, 0.1) is 17.7 Å². The lowest BCUT2D eigenvalue weighted by atomic mass is 10.1. The number of rotatable bonds is 2. The van der Waals surface area contributed by atoms with Gasteiger partial charge in [-0.05, 0) is 12.1 Å². The van der Waals surface area contributed by atoms with Gasteiger partial charge in [0.2, 0.25) is 0 Å². The van der Waals surface area contributed by atoms with Gasteiger partial charge in [-0.1, -0.05) is 33.8 Å². The quantitative estimate of drug-likeness (QED) is 0.451. The van der Waals surface area contributed by atoms with Crippen molar-refractivity contribution in [3.63, 3.8) is 0 Å². The number of carbonyl (C=O) groups is 1. The molecule has 1 aromatic carbocycles. The van der Waals surface area contributed by atoms with Crippen molar-refractivity contribution in [3.8, 4) is 11.8 Å². The van der Waals surface area contributed by atoms with Crippen molar-refractivity contribution in [1.82, 2.24) is 0 Å². The van der Waals surface area contributed by atoms with Crippen LogP contribution in [0.4, 0.5) is 4.39 Å². The predicted molar refractivity (Wildman–Crippen MR) is 57.1 cm³/mol. The van der Waals surface area contributed by atoms with E-state index in [0.717, 1.165) is 5.33 Å². The average Bonchev–Trinajstić information content (AvgIpc) is 2.18. The predicted octanol–water partition coefficient (Wildman–Crippen LogP) is 2.77. The first kappa shape index (κ1) is 10.9. The molecule has 0 N–H and O–H groups in total. The molecule has 0 saturated heterocycles. The van der Waals surface area contributed by atoms with Crippen molar-refractivity contribution >= 4 is 22.2 Å². The van der Waals surface area contributed by atoms with Gasteiger partial charge < -0.3 is 0 Å². The number of alkyl halides is 1. The van der Waals surface area contributed by atoms with E-state index in [1.165, 1.54) is 6.07 Å². The van der Waals surface area contributed by atoms with Crippen LogP contribution in [-0.4, -0.2) is 11.6 Å². The first-order valence-electron chi connectivity index (χ1n) is 4.08. The van der Waals surface area contributed by atoms with Crippen molar-refractivity contribution < 1.29 is 9.18 Å². The van der Waals surface area contributed by atoms with Crippen LogP contribution in [0.2, 0.25) is 0 Å². The van der Waals surface area contributed by atoms with Crippen molar-refractivity contribution in [2.24, 2.45) is 0 Å².